The van der Waals surface area contributed by atoms with E-state index in [1.807, 2.05) is 54.6 Å². The lowest BCUT2D eigenvalue weighted by Crippen LogP contribution is -2.32. The van der Waals surface area contributed by atoms with Gasteiger partial charge in [-0.05, 0) is 75.3 Å². The molecule has 0 amide bonds. The summed E-state index contributed by atoms with van der Waals surface area (Å²) >= 11 is 0. The summed E-state index contributed by atoms with van der Waals surface area (Å²) in [6.07, 6.45) is 0. The van der Waals surface area contributed by atoms with Gasteiger partial charge in [-0.15, -0.1) is 0 Å². The number of hydrogen-bond acceptors (Lipinski definition) is 5. The van der Waals surface area contributed by atoms with Gasteiger partial charge in [0.25, 0.3) is 0 Å². The number of aliphatic hydroxyl groups excluding tert-OH is 1. The minimum absolute atomic E-state index is 0.0158. The molecule has 1 aliphatic rings. The Balaban J connectivity index is 1.41. The van der Waals surface area contributed by atoms with Crippen molar-refractivity contribution in [1.29, 1.82) is 0 Å². The Hall–Kier alpha value is -4.58. The number of benzene rings is 5. The molecule has 0 radical (unpaired) electrons. The van der Waals surface area contributed by atoms with E-state index in [4.69, 9.17) is 18.9 Å². The smallest absolute Gasteiger partial charge is 0.144 e. The van der Waals surface area contributed by atoms with Gasteiger partial charge in [-0.2, -0.15) is 0 Å². The SMILES string of the molecule is COc1ccc(C(OCc2ccc3c(c2)OCc2cc(CO)ccc2-3)(c2ccccc2)c2ccc(OC)cc2)cc1. The first kappa shape index (κ1) is 26.6. The Bertz CT molecular complexity index is 1580. The van der Waals surface area contributed by atoms with Crippen LogP contribution in [0.5, 0.6) is 17.2 Å². The van der Waals surface area contributed by atoms with E-state index in [1.54, 1.807) is 14.2 Å². The molecule has 0 spiro atoms. The van der Waals surface area contributed by atoms with Gasteiger partial charge in [0.1, 0.15) is 29.5 Å². The van der Waals surface area contributed by atoms with Crippen molar-refractivity contribution < 1.29 is 24.1 Å². The lowest BCUT2D eigenvalue weighted by Gasteiger charge is -2.36. The summed E-state index contributed by atoms with van der Waals surface area (Å²) in [5, 5.41) is 9.53. The monoisotopic (exact) mass is 544 g/mol. The van der Waals surface area contributed by atoms with Crippen molar-refractivity contribution >= 4 is 0 Å². The van der Waals surface area contributed by atoms with Crippen LogP contribution >= 0.6 is 0 Å². The predicted molar refractivity (Wildman–Crippen MR) is 159 cm³/mol. The zero-order valence-corrected chi connectivity index (χ0v) is 23.2. The number of rotatable bonds is 9. The van der Waals surface area contributed by atoms with Crippen LogP contribution in [0.3, 0.4) is 0 Å². The maximum absolute atomic E-state index is 9.53. The van der Waals surface area contributed by atoms with Gasteiger partial charge >= 0.3 is 0 Å². The molecular weight excluding hydrogens is 512 g/mol. The number of fused-ring (bicyclic) bond motifs is 3. The Morgan fingerprint density at radius 3 is 1.85 bits per heavy atom. The highest BCUT2D eigenvalue weighted by Gasteiger charge is 2.38. The molecule has 0 saturated carbocycles. The topological polar surface area (TPSA) is 57.2 Å². The summed E-state index contributed by atoms with van der Waals surface area (Å²) < 4.78 is 24.1. The second-order valence-electron chi connectivity index (χ2n) is 10.1. The first-order valence-electron chi connectivity index (χ1n) is 13.6. The Labute approximate surface area is 240 Å². The molecule has 0 fully saturated rings. The summed E-state index contributed by atoms with van der Waals surface area (Å²) in [5.74, 6) is 2.39. The largest absolute Gasteiger partial charge is 0.497 e. The second-order valence-corrected chi connectivity index (χ2v) is 10.1. The second kappa shape index (κ2) is 11.5. The summed E-state index contributed by atoms with van der Waals surface area (Å²) in [6.45, 7) is 0.827. The molecule has 6 rings (SSSR count). The van der Waals surface area contributed by atoms with Crippen LogP contribution in [0.15, 0.2) is 115 Å². The third kappa shape index (κ3) is 5.06. The Kier molecular flexibility index (Phi) is 7.47. The van der Waals surface area contributed by atoms with Crippen LogP contribution in [-0.2, 0) is 30.2 Å². The van der Waals surface area contributed by atoms with Crippen molar-refractivity contribution in [2.75, 3.05) is 14.2 Å². The van der Waals surface area contributed by atoms with Crippen LogP contribution < -0.4 is 14.2 Å². The molecule has 0 atom stereocenters. The molecule has 41 heavy (non-hydrogen) atoms. The Morgan fingerprint density at radius 2 is 1.24 bits per heavy atom. The highest BCUT2D eigenvalue weighted by atomic mass is 16.5. The molecule has 206 valence electrons. The number of methoxy groups -OCH3 is 2. The van der Waals surface area contributed by atoms with Gasteiger partial charge in [-0.1, -0.05) is 78.9 Å². The molecule has 0 saturated heterocycles. The minimum Gasteiger partial charge on any atom is -0.497 e. The van der Waals surface area contributed by atoms with E-state index in [0.29, 0.717) is 13.2 Å². The summed E-state index contributed by atoms with van der Waals surface area (Å²) in [7, 11) is 3.34. The number of aliphatic hydroxyl groups is 1. The van der Waals surface area contributed by atoms with Crippen molar-refractivity contribution in [1.82, 2.24) is 0 Å². The molecule has 1 aliphatic heterocycles. The fraction of sp³-hybridized carbons (Fsp3) is 0.167. The van der Waals surface area contributed by atoms with Gasteiger partial charge in [0.15, 0.2) is 0 Å². The van der Waals surface area contributed by atoms with Crippen molar-refractivity contribution in [3.05, 3.63) is 149 Å². The zero-order valence-electron chi connectivity index (χ0n) is 23.2. The highest BCUT2D eigenvalue weighted by molar-refractivity contribution is 5.75. The quantitative estimate of drug-likeness (QED) is 0.198. The number of hydrogen-bond donors (Lipinski definition) is 1. The molecule has 0 unspecified atom stereocenters. The van der Waals surface area contributed by atoms with Gasteiger partial charge < -0.3 is 24.1 Å². The molecule has 0 aromatic heterocycles. The zero-order chi connectivity index (χ0) is 28.2. The van der Waals surface area contributed by atoms with Gasteiger partial charge in [0.2, 0.25) is 0 Å². The summed E-state index contributed by atoms with van der Waals surface area (Å²) in [6, 6.07) is 38.7. The molecule has 1 heterocycles. The molecular formula is C36H32O5. The fourth-order valence-electron chi connectivity index (χ4n) is 5.55. The minimum atomic E-state index is -0.899. The van der Waals surface area contributed by atoms with Crippen molar-refractivity contribution in [2.45, 2.75) is 25.4 Å². The van der Waals surface area contributed by atoms with E-state index in [0.717, 1.165) is 61.8 Å². The van der Waals surface area contributed by atoms with E-state index in [1.165, 1.54) is 0 Å². The predicted octanol–water partition coefficient (Wildman–Crippen LogP) is 7.26. The van der Waals surface area contributed by atoms with Gasteiger partial charge in [-0.3, -0.25) is 0 Å². The molecule has 5 aromatic rings. The molecule has 5 heteroatoms. The average molecular weight is 545 g/mol. The van der Waals surface area contributed by atoms with Crippen molar-refractivity contribution in [3.63, 3.8) is 0 Å². The Morgan fingerprint density at radius 1 is 0.659 bits per heavy atom. The van der Waals surface area contributed by atoms with E-state index >= 15 is 0 Å². The van der Waals surface area contributed by atoms with E-state index < -0.39 is 5.60 Å². The molecule has 5 nitrogen and oxygen atoms in total. The first-order valence-corrected chi connectivity index (χ1v) is 13.6. The maximum Gasteiger partial charge on any atom is 0.144 e. The van der Waals surface area contributed by atoms with E-state index in [2.05, 4.69) is 60.7 Å². The van der Waals surface area contributed by atoms with Crippen LogP contribution in [-0.4, -0.2) is 19.3 Å². The van der Waals surface area contributed by atoms with Crippen molar-refractivity contribution in [2.24, 2.45) is 0 Å². The first-order chi connectivity index (χ1) is 20.1. The van der Waals surface area contributed by atoms with Gasteiger partial charge in [0.05, 0.1) is 27.4 Å². The van der Waals surface area contributed by atoms with Crippen LogP contribution in [0.2, 0.25) is 0 Å². The van der Waals surface area contributed by atoms with Crippen LogP contribution in [0.25, 0.3) is 11.1 Å². The third-order valence-corrected chi connectivity index (χ3v) is 7.70. The standard InChI is InChI=1S/C36H32O5/c1-38-31-14-10-29(11-15-31)36(28-6-4-3-5-7-28,30-12-16-32(39-2)17-13-30)41-23-26-9-19-34-33-18-8-25(22-37)20-27(33)24-40-35(34)21-26/h3-21,37H,22-24H2,1-2H3. The van der Waals surface area contributed by atoms with Gasteiger partial charge in [0, 0.05) is 5.56 Å². The highest BCUT2D eigenvalue weighted by Crippen LogP contribution is 2.43. The average Bonchev–Trinajstić information content (AvgIpc) is 3.05. The van der Waals surface area contributed by atoms with Crippen LogP contribution in [0.1, 0.15) is 33.4 Å². The third-order valence-electron chi connectivity index (χ3n) is 7.70. The lowest BCUT2D eigenvalue weighted by atomic mass is 9.80. The van der Waals surface area contributed by atoms with Crippen LogP contribution in [0, 0.1) is 0 Å². The summed E-state index contributed by atoms with van der Waals surface area (Å²) in [4.78, 5) is 0. The normalized spacial score (nSPS) is 12.2. The fourth-order valence-corrected chi connectivity index (χ4v) is 5.55. The van der Waals surface area contributed by atoms with Gasteiger partial charge in [-0.25, -0.2) is 0 Å². The van der Waals surface area contributed by atoms with E-state index in [9.17, 15) is 5.11 Å². The summed E-state index contributed by atoms with van der Waals surface area (Å²) in [5.41, 5.74) is 7.22. The number of ether oxygens (including phenoxy) is 4. The van der Waals surface area contributed by atoms with Crippen LogP contribution in [0.4, 0.5) is 0 Å². The molecule has 1 N–H and O–H groups in total. The molecule has 0 bridgehead atoms. The molecule has 5 aromatic carbocycles. The van der Waals surface area contributed by atoms with E-state index in [-0.39, 0.29) is 6.61 Å². The maximum atomic E-state index is 9.53. The van der Waals surface area contributed by atoms with Crippen molar-refractivity contribution in [3.8, 4) is 28.4 Å². The lowest BCUT2D eigenvalue weighted by molar-refractivity contribution is 0.000108. The molecule has 0 aliphatic carbocycles.